The minimum atomic E-state index is -1.18. The fourth-order valence-corrected chi connectivity index (χ4v) is 5.26. The number of pyridine rings is 1. The Balaban J connectivity index is 1.57. The van der Waals surface area contributed by atoms with Crippen molar-refractivity contribution in [2.24, 2.45) is 5.41 Å². The van der Waals surface area contributed by atoms with E-state index in [2.05, 4.69) is 26.8 Å². The third kappa shape index (κ3) is 4.73. The maximum atomic E-state index is 13.3. The van der Waals surface area contributed by atoms with Crippen molar-refractivity contribution in [1.29, 1.82) is 0 Å². The van der Waals surface area contributed by atoms with E-state index >= 15 is 0 Å². The molecule has 4 aromatic rings. The van der Waals surface area contributed by atoms with Gasteiger partial charge in [0.05, 0.1) is 24.8 Å². The molecule has 5 rings (SSSR count). The van der Waals surface area contributed by atoms with Gasteiger partial charge in [-0.2, -0.15) is 4.98 Å². The van der Waals surface area contributed by atoms with Crippen LogP contribution >= 0.6 is 0 Å². The fraction of sp³-hybridized carbons (Fsp3) is 0.345. The molecule has 1 aromatic carbocycles. The Kier molecular flexibility index (Phi) is 6.49. The SMILES string of the molecule is C=CCn1c(=O)c2cnc(Nc3ccc4c(c3)CN(C(=O)O)C4C(C)(C)C)nc2n1-c1cccc(C(C)(C)O)n1. The summed E-state index contributed by atoms with van der Waals surface area (Å²) in [6, 6.07) is 10.7. The predicted molar refractivity (Wildman–Crippen MR) is 152 cm³/mol. The van der Waals surface area contributed by atoms with Gasteiger partial charge in [0, 0.05) is 11.9 Å². The number of hydrogen-bond acceptors (Lipinski definition) is 7. The zero-order valence-corrected chi connectivity index (χ0v) is 23.2. The normalized spacial score (nSPS) is 15.3. The first-order valence-corrected chi connectivity index (χ1v) is 13.0. The highest BCUT2D eigenvalue weighted by atomic mass is 16.4. The Labute approximate surface area is 231 Å². The van der Waals surface area contributed by atoms with Crippen molar-refractivity contribution in [2.45, 2.75) is 59.4 Å². The van der Waals surface area contributed by atoms with Gasteiger partial charge in [0.1, 0.15) is 11.0 Å². The summed E-state index contributed by atoms with van der Waals surface area (Å²) in [5.41, 5.74) is 1.62. The first-order chi connectivity index (χ1) is 18.8. The molecule has 1 aliphatic rings. The zero-order valence-electron chi connectivity index (χ0n) is 23.2. The monoisotopic (exact) mass is 543 g/mol. The lowest BCUT2D eigenvalue weighted by molar-refractivity contribution is 0.0738. The van der Waals surface area contributed by atoms with Crippen molar-refractivity contribution >= 4 is 28.8 Å². The lowest BCUT2D eigenvalue weighted by Gasteiger charge is -2.34. The molecule has 11 heteroatoms. The molecule has 3 aromatic heterocycles. The van der Waals surface area contributed by atoms with Gasteiger partial charge in [0.25, 0.3) is 5.56 Å². The summed E-state index contributed by atoms with van der Waals surface area (Å²) < 4.78 is 3.07. The molecule has 0 bridgehead atoms. The Hall–Kier alpha value is -4.51. The second kappa shape index (κ2) is 9.60. The van der Waals surface area contributed by atoms with E-state index in [0.717, 1.165) is 11.1 Å². The molecule has 0 saturated carbocycles. The van der Waals surface area contributed by atoms with Crippen molar-refractivity contribution in [3.63, 3.8) is 0 Å². The minimum Gasteiger partial charge on any atom is -0.465 e. The number of aromatic nitrogens is 5. The number of rotatable bonds is 6. The Morgan fingerprint density at radius 3 is 2.58 bits per heavy atom. The molecular formula is C29H33N7O4. The number of nitrogens with one attached hydrogen (secondary N) is 1. The lowest BCUT2D eigenvalue weighted by atomic mass is 9.82. The van der Waals surface area contributed by atoms with Crippen LogP contribution in [0.2, 0.25) is 0 Å². The number of carbonyl (C=O) groups is 1. The fourth-order valence-electron chi connectivity index (χ4n) is 5.26. The van der Waals surface area contributed by atoms with Gasteiger partial charge in [-0.25, -0.2) is 24.1 Å². The van der Waals surface area contributed by atoms with E-state index in [9.17, 15) is 19.8 Å². The number of nitrogens with zero attached hydrogens (tertiary/aromatic N) is 6. The maximum absolute atomic E-state index is 13.3. The second-order valence-electron chi connectivity index (χ2n) is 11.6. The van der Waals surface area contributed by atoms with Gasteiger partial charge in [-0.15, -0.1) is 6.58 Å². The van der Waals surface area contributed by atoms with Crippen LogP contribution in [-0.2, 0) is 18.7 Å². The lowest BCUT2D eigenvalue weighted by Crippen LogP contribution is -2.35. The van der Waals surface area contributed by atoms with Gasteiger partial charge in [-0.1, -0.05) is 39.0 Å². The Morgan fingerprint density at radius 2 is 1.93 bits per heavy atom. The first kappa shape index (κ1) is 27.1. The van der Waals surface area contributed by atoms with Crippen LogP contribution in [0.5, 0.6) is 0 Å². The molecule has 0 fully saturated rings. The Bertz CT molecular complexity index is 1690. The molecule has 0 spiro atoms. The number of hydrogen-bond donors (Lipinski definition) is 3. The molecule has 1 amide bonds. The van der Waals surface area contributed by atoms with Crippen molar-refractivity contribution < 1.29 is 15.0 Å². The standard InChI is InChI=1S/C29H33N7O4/c1-7-13-35-25(37)20-15-30-26(33-24(20)36(35)22-10-8-9-21(32-22)29(5,6)40)31-18-11-12-19-17(14-18)16-34(27(38)39)23(19)28(2,3)4/h7-12,14-15,23,40H,1,13,16H2,2-6H3,(H,38,39)(H,30,31,33). The first-order valence-electron chi connectivity index (χ1n) is 13.0. The van der Waals surface area contributed by atoms with Crippen LogP contribution in [0.25, 0.3) is 16.9 Å². The third-order valence-electron chi connectivity index (χ3n) is 6.97. The third-order valence-corrected chi connectivity index (χ3v) is 6.97. The molecule has 3 N–H and O–H groups in total. The molecule has 1 unspecified atom stereocenters. The Morgan fingerprint density at radius 1 is 1.18 bits per heavy atom. The summed E-state index contributed by atoms with van der Waals surface area (Å²) >= 11 is 0. The smallest absolute Gasteiger partial charge is 0.408 e. The zero-order chi connectivity index (χ0) is 29.0. The molecule has 0 saturated heterocycles. The topological polar surface area (TPSA) is 138 Å². The summed E-state index contributed by atoms with van der Waals surface area (Å²) in [4.78, 5) is 40.3. The van der Waals surface area contributed by atoms with Gasteiger partial charge in [-0.3, -0.25) is 9.69 Å². The highest BCUT2D eigenvalue weighted by molar-refractivity contribution is 5.77. The van der Waals surface area contributed by atoms with Crippen LogP contribution in [0.15, 0.2) is 60.0 Å². The highest BCUT2D eigenvalue weighted by Crippen LogP contribution is 2.45. The van der Waals surface area contributed by atoms with Gasteiger partial charge in [-0.05, 0) is 54.7 Å². The molecule has 0 aliphatic carbocycles. The van der Waals surface area contributed by atoms with Crippen molar-refractivity contribution in [2.75, 3.05) is 5.32 Å². The van der Waals surface area contributed by atoms with Gasteiger partial charge in [0.2, 0.25) is 5.95 Å². The minimum absolute atomic E-state index is 0.215. The molecule has 1 aliphatic heterocycles. The van der Waals surface area contributed by atoms with Crippen LogP contribution < -0.4 is 10.9 Å². The number of fused-ring (bicyclic) bond motifs is 2. The number of anilines is 2. The van der Waals surface area contributed by atoms with Gasteiger partial charge < -0.3 is 15.5 Å². The maximum Gasteiger partial charge on any atom is 0.408 e. The summed E-state index contributed by atoms with van der Waals surface area (Å²) in [5.74, 6) is 0.675. The van der Waals surface area contributed by atoms with Crippen molar-refractivity contribution in [3.05, 3.63) is 82.4 Å². The summed E-state index contributed by atoms with van der Waals surface area (Å²) in [7, 11) is 0. The van der Waals surface area contributed by atoms with Crippen LogP contribution in [0.3, 0.4) is 0 Å². The molecule has 0 radical (unpaired) electrons. The van der Waals surface area contributed by atoms with E-state index < -0.39 is 11.7 Å². The quantitative estimate of drug-likeness (QED) is 0.297. The van der Waals surface area contributed by atoms with Crippen molar-refractivity contribution in [3.8, 4) is 5.82 Å². The van der Waals surface area contributed by atoms with E-state index in [1.807, 2.05) is 39.0 Å². The number of carboxylic acid groups (broad SMARTS) is 1. The number of allylic oxidation sites excluding steroid dienone is 1. The van der Waals surface area contributed by atoms with Crippen LogP contribution in [0.4, 0.5) is 16.4 Å². The highest BCUT2D eigenvalue weighted by Gasteiger charge is 2.41. The van der Waals surface area contributed by atoms with Crippen molar-refractivity contribution in [1.82, 2.24) is 29.2 Å². The van der Waals surface area contributed by atoms with E-state index in [1.54, 1.807) is 42.8 Å². The average Bonchev–Trinajstić information content (AvgIpc) is 3.39. The molecule has 1 atom stereocenters. The van der Waals surface area contributed by atoms with Gasteiger partial charge in [0.15, 0.2) is 11.5 Å². The summed E-state index contributed by atoms with van der Waals surface area (Å²) in [6.07, 6.45) is 2.13. The van der Waals surface area contributed by atoms with E-state index in [1.165, 1.54) is 15.8 Å². The van der Waals surface area contributed by atoms with Gasteiger partial charge >= 0.3 is 6.09 Å². The second-order valence-corrected chi connectivity index (χ2v) is 11.6. The van der Waals surface area contributed by atoms with E-state index in [-0.39, 0.29) is 36.1 Å². The summed E-state index contributed by atoms with van der Waals surface area (Å²) in [6.45, 7) is 13.7. The molecular weight excluding hydrogens is 510 g/mol. The number of benzene rings is 1. The molecule has 11 nitrogen and oxygen atoms in total. The molecule has 40 heavy (non-hydrogen) atoms. The van der Waals surface area contributed by atoms with E-state index in [4.69, 9.17) is 0 Å². The van der Waals surface area contributed by atoms with E-state index in [0.29, 0.717) is 28.2 Å². The van der Waals surface area contributed by atoms with Crippen LogP contribution in [0.1, 0.15) is 57.5 Å². The molecule has 4 heterocycles. The van der Waals surface area contributed by atoms with Crippen LogP contribution in [-0.4, -0.2) is 45.5 Å². The number of aliphatic hydroxyl groups is 1. The largest absolute Gasteiger partial charge is 0.465 e. The van der Waals surface area contributed by atoms with Crippen LogP contribution in [0, 0.1) is 5.41 Å². The summed E-state index contributed by atoms with van der Waals surface area (Å²) in [5, 5.41) is 23.8. The average molecular weight is 544 g/mol. The molecule has 208 valence electrons. The predicted octanol–water partition coefficient (Wildman–Crippen LogP) is 4.72. The number of amides is 1.